The molecule has 0 fully saturated rings. The number of carbonyl (C=O) groups excluding carboxylic acids is 2. The summed E-state index contributed by atoms with van der Waals surface area (Å²) in [7, 11) is -3.35. The monoisotopic (exact) mass is 419 g/mol. The summed E-state index contributed by atoms with van der Waals surface area (Å²) in [6.07, 6.45) is 6.08. The Morgan fingerprint density at radius 1 is 1.00 bits per heavy atom. The highest BCUT2D eigenvalue weighted by molar-refractivity contribution is 7.90. The molecule has 0 unspecified atom stereocenters. The van der Waals surface area contributed by atoms with Gasteiger partial charge >= 0.3 is 0 Å². The van der Waals surface area contributed by atoms with E-state index in [9.17, 15) is 18.0 Å². The third kappa shape index (κ3) is 3.72. The molecule has 0 bridgehead atoms. The normalized spacial score (nSPS) is 11.4. The molecule has 8 heteroatoms. The Morgan fingerprint density at radius 2 is 1.77 bits per heavy atom. The van der Waals surface area contributed by atoms with Gasteiger partial charge in [-0.3, -0.25) is 14.6 Å². The molecule has 0 aliphatic heterocycles. The Labute approximate surface area is 172 Å². The second-order valence-corrected chi connectivity index (χ2v) is 8.74. The molecule has 0 saturated carbocycles. The fourth-order valence-corrected chi connectivity index (χ4v) is 3.81. The van der Waals surface area contributed by atoms with E-state index in [1.165, 1.54) is 24.3 Å². The zero-order chi connectivity index (χ0) is 21.3. The summed E-state index contributed by atoms with van der Waals surface area (Å²) < 4.78 is 24.8. The van der Waals surface area contributed by atoms with Crippen molar-refractivity contribution in [3.8, 4) is 11.1 Å². The average Bonchev–Trinajstić information content (AvgIpc) is 3.13. The first-order valence-corrected chi connectivity index (χ1v) is 10.9. The van der Waals surface area contributed by atoms with Gasteiger partial charge in [-0.1, -0.05) is 12.1 Å². The molecule has 1 aromatic carbocycles. The molecule has 0 spiro atoms. The largest absolute Gasteiger partial charge is 0.319 e. The van der Waals surface area contributed by atoms with Gasteiger partial charge < -0.3 is 9.72 Å². The number of carbonyl (C=O) groups is 2. The molecule has 0 radical (unpaired) electrons. The van der Waals surface area contributed by atoms with Gasteiger partial charge in [0.15, 0.2) is 9.84 Å². The summed E-state index contributed by atoms with van der Waals surface area (Å²) in [4.78, 5) is 30.0. The van der Waals surface area contributed by atoms with Crippen LogP contribution in [0.4, 0.5) is 5.69 Å². The molecular weight excluding hydrogens is 402 g/mol. The van der Waals surface area contributed by atoms with E-state index in [2.05, 4.69) is 10.3 Å². The number of hydrogen-bond acceptors (Lipinski definition) is 5. The molecule has 0 saturated heterocycles. The first kappa shape index (κ1) is 19.5. The smallest absolute Gasteiger partial charge is 0.298 e. The zero-order valence-corrected chi connectivity index (χ0v) is 16.8. The minimum Gasteiger partial charge on any atom is -0.319 e. The molecule has 1 N–H and O–H groups in total. The van der Waals surface area contributed by atoms with Crippen LogP contribution < -0.4 is 5.32 Å². The highest BCUT2D eigenvalue weighted by atomic mass is 32.2. The fraction of sp³-hybridized carbons (Fsp3) is 0.0455. The van der Waals surface area contributed by atoms with Crippen molar-refractivity contribution in [1.82, 2.24) is 9.38 Å². The van der Waals surface area contributed by atoms with E-state index in [0.717, 1.165) is 17.3 Å². The third-order valence-electron chi connectivity index (χ3n) is 4.61. The van der Waals surface area contributed by atoms with Crippen molar-refractivity contribution >= 4 is 32.7 Å². The summed E-state index contributed by atoms with van der Waals surface area (Å²) in [6, 6.07) is 16.5. The van der Waals surface area contributed by atoms with E-state index >= 15 is 0 Å². The summed E-state index contributed by atoms with van der Waals surface area (Å²) in [5, 5.41) is 2.54. The number of fused-ring (bicyclic) bond motifs is 1. The van der Waals surface area contributed by atoms with E-state index in [1.54, 1.807) is 35.1 Å². The number of amides is 1. The number of anilines is 1. The highest BCUT2D eigenvalue weighted by Crippen LogP contribution is 2.28. The van der Waals surface area contributed by atoms with Crippen molar-refractivity contribution in [2.75, 3.05) is 11.6 Å². The quantitative estimate of drug-likeness (QED) is 0.396. The Balaban J connectivity index is 1.70. The van der Waals surface area contributed by atoms with Crippen molar-refractivity contribution in [2.45, 2.75) is 4.90 Å². The number of nitrogens with one attached hydrogen (secondary N) is 1. The van der Waals surface area contributed by atoms with Crippen LogP contribution in [0.5, 0.6) is 0 Å². The molecule has 7 nitrogen and oxygen atoms in total. The fourth-order valence-electron chi connectivity index (χ4n) is 3.18. The van der Waals surface area contributed by atoms with E-state index in [-0.39, 0.29) is 10.6 Å². The van der Waals surface area contributed by atoms with Crippen LogP contribution in [0.1, 0.15) is 10.5 Å². The third-order valence-corrected chi connectivity index (χ3v) is 5.74. The topological polar surface area (TPSA) is 97.6 Å². The van der Waals surface area contributed by atoms with Gasteiger partial charge in [0, 0.05) is 47.2 Å². The van der Waals surface area contributed by atoms with Crippen LogP contribution in [0, 0.1) is 0 Å². The van der Waals surface area contributed by atoms with Crippen LogP contribution in [-0.2, 0) is 14.6 Å². The van der Waals surface area contributed by atoms with E-state index in [0.29, 0.717) is 11.3 Å². The summed E-state index contributed by atoms with van der Waals surface area (Å²) in [6.45, 7) is 0. The number of pyridine rings is 2. The van der Waals surface area contributed by atoms with Crippen LogP contribution in [0.3, 0.4) is 0 Å². The van der Waals surface area contributed by atoms with Crippen molar-refractivity contribution < 1.29 is 18.0 Å². The van der Waals surface area contributed by atoms with Crippen molar-refractivity contribution in [1.29, 1.82) is 0 Å². The maximum absolute atomic E-state index is 13.1. The SMILES string of the molecule is CS(=O)(=O)c1ccc(NC(=O)C(=O)c2c(-c3cccnc3)cc3ccccn23)cc1. The Bertz CT molecular complexity index is 1360. The summed E-state index contributed by atoms with van der Waals surface area (Å²) in [5.41, 5.74) is 2.63. The number of aromatic nitrogens is 2. The van der Waals surface area contributed by atoms with Gasteiger partial charge in [0.25, 0.3) is 11.7 Å². The maximum Gasteiger partial charge on any atom is 0.298 e. The standard InChI is InChI=1S/C22H17N3O4S/c1-30(28,29)18-9-7-16(8-10-18)24-22(27)21(26)20-19(15-5-4-11-23-14-15)13-17-6-2-3-12-25(17)20/h2-14H,1H3,(H,24,27). The van der Waals surface area contributed by atoms with Crippen molar-refractivity contribution in [2.24, 2.45) is 0 Å². The lowest BCUT2D eigenvalue weighted by molar-refractivity contribution is -0.112. The van der Waals surface area contributed by atoms with Crippen LogP contribution in [0.25, 0.3) is 16.6 Å². The number of rotatable bonds is 5. The van der Waals surface area contributed by atoms with Gasteiger partial charge in [0.1, 0.15) is 5.69 Å². The number of sulfone groups is 1. The molecule has 1 amide bonds. The van der Waals surface area contributed by atoms with E-state index in [4.69, 9.17) is 0 Å². The lowest BCUT2D eigenvalue weighted by atomic mass is 10.1. The second-order valence-electron chi connectivity index (χ2n) is 6.72. The molecule has 3 heterocycles. The lowest BCUT2D eigenvalue weighted by Crippen LogP contribution is -2.24. The van der Waals surface area contributed by atoms with E-state index in [1.807, 2.05) is 24.3 Å². The minimum absolute atomic E-state index is 0.128. The molecule has 4 aromatic rings. The molecule has 0 atom stereocenters. The molecule has 0 aliphatic rings. The van der Waals surface area contributed by atoms with Gasteiger partial charge in [-0.25, -0.2) is 8.42 Å². The molecular formula is C22H17N3O4S. The predicted octanol–water partition coefficient (Wildman–Crippen LogP) is 3.23. The number of hydrogen-bond donors (Lipinski definition) is 1. The number of benzene rings is 1. The number of ketones is 1. The summed E-state index contributed by atoms with van der Waals surface area (Å²) in [5.74, 6) is -1.54. The van der Waals surface area contributed by atoms with Crippen molar-refractivity contribution in [3.63, 3.8) is 0 Å². The predicted molar refractivity (Wildman–Crippen MR) is 113 cm³/mol. The van der Waals surface area contributed by atoms with Gasteiger partial charge in [-0.05, 0) is 48.5 Å². The average molecular weight is 419 g/mol. The van der Waals surface area contributed by atoms with Crippen LogP contribution in [0.15, 0.2) is 84.1 Å². The maximum atomic E-state index is 13.1. The van der Waals surface area contributed by atoms with Gasteiger partial charge in [-0.2, -0.15) is 0 Å². The van der Waals surface area contributed by atoms with Gasteiger partial charge in [0.05, 0.1) is 4.90 Å². The second kappa shape index (κ2) is 7.57. The molecule has 30 heavy (non-hydrogen) atoms. The van der Waals surface area contributed by atoms with Gasteiger partial charge in [0.2, 0.25) is 0 Å². The first-order valence-electron chi connectivity index (χ1n) is 9.01. The number of Topliss-reactive ketones (excluding diaryl/α,β-unsaturated/α-hetero) is 1. The van der Waals surface area contributed by atoms with Crippen molar-refractivity contribution in [3.05, 3.63) is 84.9 Å². The Kier molecular flexibility index (Phi) is 4.93. The highest BCUT2D eigenvalue weighted by Gasteiger charge is 2.25. The minimum atomic E-state index is -3.35. The Morgan fingerprint density at radius 3 is 2.43 bits per heavy atom. The van der Waals surface area contributed by atoms with E-state index < -0.39 is 21.5 Å². The molecule has 150 valence electrons. The zero-order valence-electron chi connectivity index (χ0n) is 15.9. The molecule has 0 aliphatic carbocycles. The molecule has 4 rings (SSSR count). The molecule has 3 aromatic heterocycles. The number of nitrogens with zero attached hydrogens (tertiary/aromatic N) is 2. The summed E-state index contributed by atoms with van der Waals surface area (Å²) >= 11 is 0. The van der Waals surface area contributed by atoms with Crippen LogP contribution in [-0.4, -0.2) is 35.7 Å². The lowest BCUT2D eigenvalue weighted by Gasteiger charge is -2.08. The van der Waals surface area contributed by atoms with Crippen LogP contribution >= 0.6 is 0 Å². The van der Waals surface area contributed by atoms with Crippen LogP contribution in [0.2, 0.25) is 0 Å². The van der Waals surface area contributed by atoms with Gasteiger partial charge in [-0.15, -0.1) is 0 Å². The Hall–Kier alpha value is -3.78. The first-order chi connectivity index (χ1) is 14.3.